The van der Waals surface area contributed by atoms with Gasteiger partial charge in [-0.05, 0) is 12.8 Å². The highest BCUT2D eigenvalue weighted by atomic mass is 15.4. The van der Waals surface area contributed by atoms with Crippen LogP contribution in [0.15, 0.2) is 34.8 Å². The van der Waals surface area contributed by atoms with Gasteiger partial charge in [-0.2, -0.15) is 0 Å². The average molecular weight is 304 g/mol. The molecular weight excluding hydrogens is 272 g/mol. The first-order chi connectivity index (χ1) is 10.7. The van der Waals surface area contributed by atoms with Crippen LogP contribution in [0.4, 0.5) is 0 Å². The van der Waals surface area contributed by atoms with E-state index in [0.717, 1.165) is 8.97 Å². The Balaban J connectivity index is 1.77. The molecule has 0 aromatic heterocycles. The zero-order valence-electron chi connectivity index (χ0n) is 14.3. The third kappa shape index (κ3) is 4.62. The van der Waals surface area contributed by atoms with Gasteiger partial charge >= 0.3 is 0 Å². The van der Waals surface area contributed by atoms with Crippen LogP contribution in [0.3, 0.4) is 0 Å². The van der Waals surface area contributed by atoms with Gasteiger partial charge in [0.25, 0.3) is 0 Å². The van der Waals surface area contributed by atoms with Crippen molar-refractivity contribution in [2.24, 2.45) is 9.98 Å². The van der Waals surface area contributed by atoms with Crippen molar-refractivity contribution in [2.75, 3.05) is 26.2 Å². The number of quaternary nitrogens is 2. The van der Waals surface area contributed by atoms with E-state index in [9.17, 15) is 0 Å². The molecule has 122 valence electrons. The summed E-state index contributed by atoms with van der Waals surface area (Å²) >= 11 is 0. The van der Waals surface area contributed by atoms with Gasteiger partial charge in [-0.15, -0.1) is 0 Å². The summed E-state index contributed by atoms with van der Waals surface area (Å²) in [6, 6.07) is 0. The van der Waals surface area contributed by atoms with Crippen LogP contribution in [-0.2, 0) is 0 Å². The summed E-state index contributed by atoms with van der Waals surface area (Å²) in [5.74, 6) is 0. The first-order valence-electron chi connectivity index (χ1n) is 8.91. The van der Waals surface area contributed by atoms with Crippen LogP contribution in [0.5, 0.6) is 0 Å². The lowest BCUT2D eigenvalue weighted by Crippen LogP contribution is -2.43. The second-order valence-corrected chi connectivity index (χ2v) is 6.64. The van der Waals surface area contributed by atoms with E-state index in [-0.39, 0.29) is 0 Å². The Morgan fingerprint density at radius 3 is 1.36 bits per heavy atom. The van der Waals surface area contributed by atoms with E-state index in [1.54, 1.807) is 0 Å². The van der Waals surface area contributed by atoms with Crippen LogP contribution in [0, 0.1) is 0 Å². The van der Waals surface area contributed by atoms with Crippen LogP contribution in [-0.4, -0.2) is 47.8 Å². The van der Waals surface area contributed by atoms with Crippen molar-refractivity contribution in [1.29, 1.82) is 0 Å². The molecule has 2 atom stereocenters. The highest BCUT2D eigenvalue weighted by Gasteiger charge is 2.27. The maximum absolute atomic E-state index is 4.33. The Morgan fingerprint density at radius 2 is 1.05 bits per heavy atom. The van der Waals surface area contributed by atoms with Gasteiger partial charge in [0.15, 0.2) is 12.7 Å². The molecule has 0 N–H and O–H groups in total. The first kappa shape index (κ1) is 17.1. The lowest BCUT2D eigenvalue weighted by Gasteiger charge is -2.29. The quantitative estimate of drug-likeness (QED) is 0.407. The van der Waals surface area contributed by atoms with E-state index in [2.05, 4.69) is 48.9 Å². The second-order valence-electron chi connectivity index (χ2n) is 6.64. The molecule has 0 saturated heterocycles. The number of nitrogens with zero attached hydrogens (tertiary/aromatic N) is 4. The summed E-state index contributed by atoms with van der Waals surface area (Å²) < 4.78 is 1.90. The van der Waals surface area contributed by atoms with Crippen LogP contribution < -0.4 is 0 Å². The highest BCUT2D eigenvalue weighted by molar-refractivity contribution is 5.51. The summed E-state index contributed by atoms with van der Waals surface area (Å²) in [6.07, 6.45) is 20.2. The van der Waals surface area contributed by atoms with Crippen LogP contribution in [0.25, 0.3) is 0 Å². The maximum atomic E-state index is 4.33. The third-order valence-corrected chi connectivity index (χ3v) is 4.75. The Bertz CT molecular complexity index is 382. The molecule has 2 aliphatic rings. The molecular formula is C18H32N4+2. The Labute approximate surface area is 135 Å². The molecule has 0 radical (unpaired) electrons. The smallest absolute Gasteiger partial charge is 0.194 e. The number of hydrogen-bond acceptors (Lipinski definition) is 2. The standard InChI is InChI=1S/C18H32N4/c1-3-5-11-21(15-9-19-17-21)13-7-8-14-22(12-6-4-2)16-10-20-18-22/h9-10,15-18H,3-8,11-14H2,1-2H3/q+2. The van der Waals surface area contributed by atoms with E-state index in [4.69, 9.17) is 0 Å². The number of rotatable bonds is 11. The molecule has 0 aliphatic carbocycles. The molecule has 22 heavy (non-hydrogen) atoms. The van der Waals surface area contributed by atoms with Crippen molar-refractivity contribution in [3.63, 3.8) is 0 Å². The minimum atomic E-state index is 0.951. The number of aliphatic imine (C=N–C) groups is 2. The molecule has 0 amide bonds. The summed E-state index contributed by atoms with van der Waals surface area (Å²) in [5.41, 5.74) is 0. The van der Waals surface area contributed by atoms with Crippen LogP contribution in [0.2, 0.25) is 0 Å². The third-order valence-electron chi connectivity index (χ3n) is 4.75. The average Bonchev–Trinajstić information content (AvgIpc) is 3.19. The minimum absolute atomic E-state index is 0.951. The van der Waals surface area contributed by atoms with Crippen molar-refractivity contribution in [2.45, 2.75) is 52.4 Å². The molecule has 0 bridgehead atoms. The van der Waals surface area contributed by atoms with E-state index in [1.807, 2.05) is 12.4 Å². The summed E-state index contributed by atoms with van der Waals surface area (Å²) in [5, 5.41) is 0. The van der Waals surface area contributed by atoms with E-state index in [1.165, 1.54) is 64.7 Å². The van der Waals surface area contributed by atoms with Gasteiger partial charge in [0.1, 0.15) is 12.4 Å². The van der Waals surface area contributed by atoms with Crippen molar-refractivity contribution >= 4 is 12.7 Å². The Kier molecular flexibility index (Phi) is 6.52. The normalized spacial score (nSPS) is 29.0. The van der Waals surface area contributed by atoms with Crippen molar-refractivity contribution < 1.29 is 8.97 Å². The Hall–Kier alpha value is -1.26. The molecule has 4 nitrogen and oxygen atoms in total. The summed E-state index contributed by atoms with van der Waals surface area (Å²) in [6.45, 7) is 9.24. The molecule has 0 fully saturated rings. The fourth-order valence-electron chi connectivity index (χ4n) is 3.23. The fourth-order valence-corrected chi connectivity index (χ4v) is 3.23. The molecule has 0 spiro atoms. The van der Waals surface area contributed by atoms with Gasteiger partial charge in [0, 0.05) is 12.8 Å². The zero-order valence-corrected chi connectivity index (χ0v) is 14.3. The SMILES string of the molecule is CCCC[N+]1(CCCC[N+]2(CCCC)C=CN=C2)C=CN=C1. The molecule has 4 heteroatoms. The predicted molar refractivity (Wildman–Crippen MR) is 94.3 cm³/mol. The van der Waals surface area contributed by atoms with Crippen molar-refractivity contribution in [3.05, 3.63) is 24.8 Å². The molecule has 2 aliphatic heterocycles. The van der Waals surface area contributed by atoms with Crippen molar-refractivity contribution in [1.82, 2.24) is 0 Å². The predicted octanol–water partition coefficient (Wildman–Crippen LogP) is 4.03. The number of unbranched alkanes of at least 4 members (excludes halogenated alkanes) is 3. The molecule has 2 unspecified atom stereocenters. The molecule has 0 aromatic carbocycles. The van der Waals surface area contributed by atoms with E-state index < -0.39 is 0 Å². The molecule has 2 heterocycles. The minimum Gasteiger partial charge on any atom is -0.254 e. The lowest BCUT2D eigenvalue weighted by atomic mass is 10.2. The molecule has 2 rings (SSSR count). The highest BCUT2D eigenvalue weighted by Crippen LogP contribution is 2.18. The van der Waals surface area contributed by atoms with Crippen LogP contribution in [0.1, 0.15) is 52.4 Å². The second kappa shape index (κ2) is 8.39. The van der Waals surface area contributed by atoms with Gasteiger partial charge in [-0.25, -0.2) is 9.98 Å². The molecule has 0 aromatic rings. The zero-order chi connectivity index (χ0) is 15.7. The van der Waals surface area contributed by atoms with Gasteiger partial charge in [-0.3, -0.25) is 8.97 Å². The van der Waals surface area contributed by atoms with E-state index in [0.29, 0.717) is 0 Å². The lowest BCUT2D eigenvalue weighted by molar-refractivity contribution is -0.787. The topological polar surface area (TPSA) is 24.7 Å². The Morgan fingerprint density at radius 1 is 0.636 bits per heavy atom. The monoisotopic (exact) mass is 304 g/mol. The van der Waals surface area contributed by atoms with E-state index >= 15 is 0 Å². The fraction of sp³-hybridized carbons (Fsp3) is 0.667. The number of hydrogen-bond donors (Lipinski definition) is 0. The van der Waals surface area contributed by atoms with Crippen molar-refractivity contribution in [3.8, 4) is 0 Å². The first-order valence-corrected chi connectivity index (χ1v) is 8.91. The van der Waals surface area contributed by atoms with Gasteiger partial charge in [0.05, 0.1) is 38.6 Å². The van der Waals surface area contributed by atoms with Gasteiger partial charge in [-0.1, -0.05) is 26.7 Å². The maximum Gasteiger partial charge on any atom is 0.194 e. The van der Waals surface area contributed by atoms with Gasteiger partial charge < -0.3 is 0 Å². The largest absolute Gasteiger partial charge is 0.254 e. The molecule has 0 saturated carbocycles. The van der Waals surface area contributed by atoms with Crippen LogP contribution >= 0.6 is 0 Å². The summed E-state index contributed by atoms with van der Waals surface area (Å²) in [4.78, 5) is 8.66. The van der Waals surface area contributed by atoms with Gasteiger partial charge in [0.2, 0.25) is 0 Å². The summed E-state index contributed by atoms with van der Waals surface area (Å²) in [7, 11) is 0.